The predicted molar refractivity (Wildman–Crippen MR) is 90.2 cm³/mol. The molecule has 2 aliphatic heterocycles. The van der Waals surface area contributed by atoms with Gasteiger partial charge in [0.05, 0.1) is 4.47 Å². The van der Waals surface area contributed by atoms with Crippen LogP contribution in [-0.4, -0.2) is 41.8 Å². The number of benzene rings is 1. The van der Waals surface area contributed by atoms with Gasteiger partial charge in [-0.2, -0.15) is 11.8 Å². The Balaban J connectivity index is 1.88. The van der Waals surface area contributed by atoms with Crippen molar-refractivity contribution in [3.8, 4) is 11.5 Å². The zero-order valence-corrected chi connectivity index (χ0v) is 14.8. The largest absolute Gasteiger partial charge is 0.454 e. The van der Waals surface area contributed by atoms with Gasteiger partial charge in [0, 0.05) is 36.2 Å². The molecule has 4 nitrogen and oxygen atoms in total. The van der Waals surface area contributed by atoms with Crippen LogP contribution in [0.1, 0.15) is 25.5 Å². The molecule has 1 saturated heterocycles. The molecule has 1 atom stereocenters. The molecule has 2 aliphatic rings. The van der Waals surface area contributed by atoms with Crippen LogP contribution >= 0.6 is 27.7 Å². The van der Waals surface area contributed by atoms with E-state index < -0.39 is 0 Å². The van der Waals surface area contributed by atoms with E-state index in [1.807, 2.05) is 11.8 Å². The molecule has 2 heterocycles. The van der Waals surface area contributed by atoms with Gasteiger partial charge in [-0.25, -0.2) is 0 Å². The second-order valence-corrected chi connectivity index (χ2v) is 8.72. The molecule has 1 fully saturated rings. The van der Waals surface area contributed by atoms with E-state index in [4.69, 9.17) is 15.2 Å². The fourth-order valence-electron chi connectivity index (χ4n) is 2.99. The molecule has 1 unspecified atom stereocenters. The van der Waals surface area contributed by atoms with E-state index in [9.17, 15) is 0 Å². The third kappa shape index (κ3) is 3.18. The van der Waals surface area contributed by atoms with Gasteiger partial charge in [0.25, 0.3) is 0 Å². The lowest BCUT2D eigenvalue weighted by Gasteiger charge is -2.41. The van der Waals surface area contributed by atoms with Gasteiger partial charge < -0.3 is 15.2 Å². The molecule has 6 heteroatoms. The number of nitrogens with two attached hydrogens (primary N) is 1. The minimum Gasteiger partial charge on any atom is -0.454 e. The van der Waals surface area contributed by atoms with Gasteiger partial charge in [-0.05, 0) is 47.5 Å². The van der Waals surface area contributed by atoms with Crippen LogP contribution in [0, 0.1) is 0 Å². The van der Waals surface area contributed by atoms with E-state index in [1.54, 1.807) is 0 Å². The topological polar surface area (TPSA) is 47.7 Å². The molecule has 2 N–H and O–H groups in total. The van der Waals surface area contributed by atoms with E-state index in [0.717, 1.165) is 34.8 Å². The van der Waals surface area contributed by atoms with Crippen molar-refractivity contribution < 1.29 is 9.47 Å². The first-order valence-corrected chi connectivity index (χ1v) is 8.95. The van der Waals surface area contributed by atoms with Gasteiger partial charge in [0.2, 0.25) is 6.79 Å². The number of ether oxygens (including phenoxy) is 2. The summed E-state index contributed by atoms with van der Waals surface area (Å²) in [6.07, 6.45) is 0. The Labute approximate surface area is 138 Å². The van der Waals surface area contributed by atoms with Crippen molar-refractivity contribution in [2.24, 2.45) is 5.73 Å². The highest BCUT2D eigenvalue weighted by Crippen LogP contribution is 2.42. The van der Waals surface area contributed by atoms with E-state index in [0.29, 0.717) is 6.54 Å². The maximum absolute atomic E-state index is 6.08. The summed E-state index contributed by atoms with van der Waals surface area (Å²) in [7, 11) is 0. The second kappa shape index (κ2) is 5.99. The Kier molecular flexibility index (Phi) is 4.41. The quantitative estimate of drug-likeness (QED) is 0.883. The smallest absolute Gasteiger partial charge is 0.231 e. The number of halogens is 1. The number of nitrogens with zero attached hydrogens (tertiary/aromatic N) is 1. The van der Waals surface area contributed by atoms with E-state index in [-0.39, 0.29) is 17.6 Å². The summed E-state index contributed by atoms with van der Waals surface area (Å²) in [6, 6.07) is 4.40. The number of hydrogen-bond acceptors (Lipinski definition) is 5. The van der Waals surface area contributed by atoms with Crippen LogP contribution in [0.25, 0.3) is 0 Å². The van der Waals surface area contributed by atoms with Gasteiger partial charge in [0.1, 0.15) is 0 Å². The molecule has 0 spiro atoms. The maximum Gasteiger partial charge on any atom is 0.231 e. The summed E-state index contributed by atoms with van der Waals surface area (Å²) in [6.45, 7) is 7.61. The fourth-order valence-corrected chi connectivity index (χ4v) is 4.70. The average molecular weight is 373 g/mol. The van der Waals surface area contributed by atoms with Crippen molar-refractivity contribution in [3.63, 3.8) is 0 Å². The average Bonchev–Trinajstić information content (AvgIpc) is 2.87. The number of rotatable bonds is 3. The molecule has 0 aliphatic carbocycles. The molecule has 116 valence electrons. The SMILES string of the molecule is CC1(C)CN(C(CN)c2cc(Br)c3c(c2)OCO3)CCS1. The highest BCUT2D eigenvalue weighted by Gasteiger charge is 2.32. The third-order valence-corrected chi connectivity index (χ3v) is 5.84. The van der Waals surface area contributed by atoms with Gasteiger partial charge in [-0.1, -0.05) is 0 Å². The van der Waals surface area contributed by atoms with Crippen LogP contribution in [0.15, 0.2) is 16.6 Å². The van der Waals surface area contributed by atoms with E-state index in [1.165, 1.54) is 5.56 Å². The lowest BCUT2D eigenvalue weighted by molar-refractivity contribution is 0.173. The van der Waals surface area contributed by atoms with Gasteiger partial charge >= 0.3 is 0 Å². The van der Waals surface area contributed by atoms with E-state index in [2.05, 4.69) is 46.8 Å². The summed E-state index contributed by atoms with van der Waals surface area (Å²) < 4.78 is 12.2. The molecule has 1 aromatic carbocycles. The molecule has 0 radical (unpaired) electrons. The van der Waals surface area contributed by atoms with Crippen LogP contribution in [0.3, 0.4) is 0 Å². The Morgan fingerprint density at radius 3 is 2.95 bits per heavy atom. The number of thioether (sulfide) groups is 1. The zero-order chi connectivity index (χ0) is 15.0. The zero-order valence-electron chi connectivity index (χ0n) is 12.4. The van der Waals surface area contributed by atoms with Crippen LogP contribution in [0.5, 0.6) is 11.5 Å². The Morgan fingerprint density at radius 1 is 1.43 bits per heavy atom. The highest BCUT2D eigenvalue weighted by atomic mass is 79.9. The van der Waals surface area contributed by atoms with Gasteiger partial charge in [-0.15, -0.1) is 0 Å². The van der Waals surface area contributed by atoms with Crippen LogP contribution in [-0.2, 0) is 0 Å². The first-order chi connectivity index (χ1) is 10.00. The maximum atomic E-state index is 6.08. The molecule has 0 amide bonds. The number of hydrogen-bond donors (Lipinski definition) is 1. The monoisotopic (exact) mass is 372 g/mol. The van der Waals surface area contributed by atoms with Crippen molar-refractivity contribution in [3.05, 3.63) is 22.2 Å². The molecule has 3 rings (SSSR count). The first kappa shape index (κ1) is 15.5. The van der Waals surface area contributed by atoms with E-state index >= 15 is 0 Å². The van der Waals surface area contributed by atoms with Crippen molar-refractivity contribution in [2.75, 3.05) is 32.2 Å². The van der Waals surface area contributed by atoms with Gasteiger partial charge in [-0.3, -0.25) is 4.90 Å². The Hall–Kier alpha value is -0.430. The molecule has 0 saturated carbocycles. The lowest BCUT2D eigenvalue weighted by atomic mass is 10.0. The Bertz CT molecular complexity index is 539. The lowest BCUT2D eigenvalue weighted by Crippen LogP contribution is -2.46. The predicted octanol–water partition coefficient (Wildman–Crippen LogP) is 3.01. The third-order valence-electron chi connectivity index (χ3n) is 3.95. The van der Waals surface area contributed by atoms with Crippen molar-refractivity contribution >= 4 is 27.7 Å². The Morgan fingerprint density at radius 2 is 2.24 bits per heavy atom. The van der Waals surface area contributed by atoms with Crippen LogP contribution in [0.4, 0.5) is 0 Å². The molecule has 1 aromatic rings. The fraction of sp³-hybridized carbons (Fsp3) is 0.600. The van der Waals surface area contributed by atoms with Crippen molar-refractivity contribution in [2.45, 2.75) is 24.6 Å². The first-order valence-electron chi connectivity index (χ1n) is 7.17. The minimum absolute atomic E-state index is 0.218. The highest BCUT2D eigenvalue weighted by molar-refractivity contribution is 9.10. The molecule has 21 heavy (non-hydrogen) atoms. The summed E-state index contributed by atoms with van der Waals surface area (Å²) in [5.41, 5.74) is 7.27. The minimum atomic E-state index is 0.218. The number of fused-ring (bicyclic) bond motifs is 1. The van der Waals surface area contributed by atoms with Crippen molar-refractivity contribution in [1.29, 1.82) is 0 Å². The standard InChI is InChI=1S/C15H21BrN2O2S/c1-15(2)8-18(3-4-21-15)12(7-17)10-5-11(16)14-13(6-10)19-9-20-14/h5-6,12H,3-4,7-9,17H2,1-2H3. The summed E-state index contributed by atoms with van der Waals surface area (Å²) >= 11 is 5.61. The second-order valence-electron chi connectivity index (χ2n) is 6.07. The summed E-state index contributed by atoms with van der Waals surface area (Å²) in [4.78, 5) is 2.49. The summed E-state index contributed by atoms with van der Waals surface area (Å²) in [5.74, 6) is 2.75. The molecule has 0 bridgehead atoms. The summed E-state index contributed by atoms with van der Waals surface area (Å²) in [5, 5.41) is 0. The molecular formula is C15H21BrN2O2S. The normalized spacial score (nSPS) is 22.3. The van der Waals surface area contributed by atoms with Crippen LogP contribution < -0.4 is 15.2 Å². The van der Waals surface area contributed by atoms with Crippen LogP contribution in [0.2, 0.25) is 0 Å². The van der Waals surface area contributed by atoms with Crippen molar-refractivity contribution in [1.82, 2.24) is 4.90 Å². The molecule has 0 aromatic heterocycles. The van der Waals surface area contributed by atoms with Gasteiger partial charge in [0.15, 0.2) is 11.5 Å². The molecular weight excluding hydrogens is 352 g/mol.